The van der Waals surface area contributed by atoms with Crippen molar-refractivity contribution in [3.8, 4) is 0 Å². The highest BCUT2D eigenvalue weighted by atomic mass is 16.3. The molecule has 92 valence electrons. The van der Waals surface area contributed by atoms with E-state index in [1.807, 2.05) is 0 Å². The topological polar surface area (TPSA) is 75.4 Å². The van der Waals surface area contributed by atoms with Crippen molar-refractivity contribution in [2.45, 2.75) is 62.5 Å². The van der Waals surface area contributed by atoms with Crippen molar-refractivity contribution in [3.63, 3.8) is 0 Å². The van der Waals surface area contributed by atoms with Gasteiger partial charge in [0, 0.05) is 6.54 Å². The summed E-state index contributed by atoms with van der Waals surface area (Å²) in [6, 6.07) is 0. The molecule has 1 amide bonds. The molecule has 0 atom stereocenters. The predicted octanol–water partition coefficient (Wildman–Crippen LogP) is 0.679. The van der Waals surface area contributed by atoms with Gasteiger partial charge in [-0.1, -0.05) is 19.3 Å². The number of nitrogens with two attached hydrogens (primary N) is 1. The molecule has 4 nitrogen and oxygen atoms in total. The average Bonchev–Trinajstić information content (AvgIpc) is 2.24. The van der Waals surface area contributed by atoms with Crippen LogP contribution in [0.3, 0.4) is 0 Å². The van der Waals surface area contributed by atoms with Gasteiger partial charge in [0.15, 0.2) is 0 Å². The molecule has 0 heterocycles. The Kier molecular flexibility index (Phi) is 3.22. The zero-order valence-electron chi connectivity index (χ0n) is 9.80. The molecule has 2 saturated carbocycles. The van der Waals surface area contributed by atoms with Crippen molar-refractivity contribution < 1.29 is 9.90 Å². The first kappa shape index (κ1) is 11.9. The van der Waals surface area contributed by atoms with Gasteiger partial charge in [-0.3, -0.25) is 4.79 Å². The Morgan fingerprint density at radius 3 is 2.25 bits per heavy atom. The van der Waals surface area contributed by atoms with E-state index in [1.165, 1.54) is 6.42 Å². The minimum atomic E-state index is -0.686. The van der Waals surface area contributed by atoms with Gasteiger partial charge in [-0.25, -0.2) is 0 Å². The Bertz CT molecular complexity index is 268. The number of hydrogen-bond acceptors (Lipinski definition) is 3. The summed E-state index contributed by atoms with van der Waals surface area (Å²) in [5.41, 5.74) is 4.58. The molecular formula is C12H22N2O2. The molecule has 0 spiro atoms. The lowest BCUT2D eigenvalue weighted by Gasteiger charge is -2.38. The van der Waals surface area contributed by atoms with Crippen LogP contribution in [0.25, 0.3) is 0 Å². The zero-order chi connectivity index (χ0) is 11.6. The summed E-state index contributed by atoms with van der Waals surface area (Å²) in [5.74, 6) is -0.0854. The largest absolute Gasteiger partial charge is 0.388 e. The van der Waals surface area contributed by atoms with E-state index in [0.29, 0.717) is 6.54 Å². The van der Waals surface area contributed by atoms with Crippen molar-refractivity contribution >= 4 is 5.91 Å². The molecule has 2 rings (SSSR count). The number of rotatable bonds is 3. The van der Waals surface area contributed by atoms with Crippen molar-refractivity contribution in [2.24, 2.45) is 5.73 Å². The molecule has 0 aromatic carbocycles. The predicted molar refractivity (Wildman–Crippen MR) is 61.8 cm³/mol. The van der Waals surface area contributed by atoms with E-state index in [1.54, 1.807) is 0 Å². The van der Waals surface area contributed by atoms with Crippen molar-refractivity contribution in [3.05, 3.63) is 0 Å². The summed E-state index contributed by atoms with van der Waals surface area (Å²) in [6.07, 6.45) is 7.48. The zero-order valence-corrected chi connectivity index (χ0v) is 9.80. The van der Waals surface area contributed by atoms with Crippen molar-refractivity contribution in [1.82, 2.24) is 5.32 Å². The number of nitrogens with one attached hydrogen (secondary N) is 1. The fourth-order valence-corrected chi connectivity index (χ4v) is 2.59. The van der Waals surface area contributed by atoms with Crippen LogP contribution in [0.5, 0.6) is 0 Å². The fourth-order valence-electron chi connectivity index (χ4n) is 2.59. The molecule has 4 N–H and O–H groups in total. The molecule has 0 unspecified atom stereocenters. The number of carbonyl (C=O) groups is 1. The highest BCUT2D eigenvalue weighted by molar-refractivity contribution is 5.87. The molecule has 2 aliphatic rings. The van der Waals surface area contributed by atoms with Gasteiger partial charge in [-0.05, 0) is 32.1 Å². The lowest BCUT2D eigenvalue weighted by Crippen LogP contribution is -2.60. The summed E-state index contributed by atoms with van der Waals surface area (Å²) in [6.45, 7) is 0.366. The van der Waals surface area contributed by atoms with E-state index in [9.17, 15) is 9.90 Å². The SMILES string of the molecule is NC1(C(=O)NCC2(O)CCCCC2)CCC1. The molecule has 0 radical (unpaired) electrons. The number of aliphatic hydroxyl groups is 1. The molecular weight excluding hydrogens is 204 g/mol. The summed E-state index contributed by atoms with van der Waals surface area (Å²) in [5, 5.41) is 13.0. The molecule has 4 heteroatoms. The fraction of sp³-hybridized carbons (Fsp3) is 0.917. The monoisotopic (exact) mass is 226 g/mol. The van der Waals surface area contributed by atoms with Crippen LogP contribution in [0.15, 0.2) is 0 Å². The standard InChI is InChI=1S/C12H22N2O2/c13-12(7-4-8-12)10(15)14-9-11(16)5-2-1-3-6-11/h16H,1-9,13H2,(H,14,15). The van der Waals surface area contributed by atoms with Gasteiger partial charge in [-0.15, -0.1) is 0 Å². The van der Waals surface area contributed by atoms with Crippen LogP contribution in [-0.2, 0) is 4.79 Å². The van der Waals surface area contributed by atoms with Crippen LogP contribution < -0.4 is 11.1 Å². The molecule has 16 heavy (non-hydrogen) atoms. The van der Waals surface area contributed by atoms with Gasteiger partial charge in [0.05, 0.1) is 11.1 Å². The van der Waals surface area contributed by atoms with Gasteiger partial charge >= 0.3 is 0 Å². The van der Waals surface area contributed by atoms with Crippen LogP contribution >= 0.6 is 0 Å². The smallest absolute Gasteiger partial charge is 0.240 e. The second-order valence-corrected chi connectivity index (χ2v) is 5.48. The molecule has 0 aliphatic heterocycles. The van der Waals surface area contributed by atoms with Crippen molar-refractivity contribution in [1.29, 1.82) is 0 Å². The Morgan fingerprint density at radius 1 is 1.12 bits per heavy atom. The lowest BCUT2D eigenvalue weighted by molar-refractivity contribution is -0.130. The van der Waals surface area contributed by atoms with Gasteiger partial charge < -0.3 is 16.2 Å². The minimum Gasteiger partial charge on any atom is -0.388 e. The molecule has 0 bridgehead atoms. The summed E-state index contributed by atoms with van der Waals surface area (Å²) < 4.78 is 0. The summed E-state index contributed by atoms with van der Waals surface area (Å²) >= 11 is 0. The van der Waals surface area contributed by atoms with Gasteiger partial charge in [0.1, 0.15) is 0 Å². The highest BCUT2D eigenvalue weighted by Crippen LogP contribution is 2.30. The third kappa shape index (κ3) is 2.38. The van der Waals surface area contributed by atoms with E-state index in [-0.39, 0.29) is 5.91 Å². The van der Waals surface area contributed by atoms with Crippen LogP contribution in [0.1, 0.15) is 51.4 Å². The van der Waals surface area contributed by atoms with Crippen LogP contribution in [0, 0.1) is 0 Å². The summed E-state index contributed by atoms with van der Waals surface area (Å²) in [7, 11) is 0. The van der Waals surface area contributed by atoms with E-state index in [4.69, 9.17) is 5.73 Å². The molecule has 0 aromatic heterocycles. The van der Waals surface area contributed by atoms with E-state index < -0.39 is 11.1 Å². The molecule has 0 saturated heterocycles. The van der Waals surface area contributed by atoms with E-state index in [2.05, 4.69) is 5.32 Å². The van der Waals surface area contributed by atoms with Gasteiger partial charge in [0.25, 0.3) is 0 Å². The van der Waals surface area contributed by atoms with E-state index in [0.717, 1.165) is 44.9 Å². The second-order valence-electron chi connectivity index (χ2n) is 5.48. The first-order valence-electron chi connectivity index (χ1n) is 6.34. The van der Waals surface area contributed by atoms with E-state index >= 15 is 0 Å². The Hall–Kier alpha value is -0.610. The molecule has 2 fully saturated rings. The minimum absolute atomic E-state index is 0.0854. The third-order valence-electron chi connectivity index (χ3n) is 4.06. The Labute approximate surface area is 96.6 Å². The summed E-state index contributed by atoms with van der Waals surface area (Å²) in [4.78, 5) is 11.8. The Balaban J connectivity index is 1.79. The number of hydrogen-bond donors (Lipinski definition) is 3. The normalized spacial score (nSPS) is 26.9. The van der Waals surface area contributed by atoms with Crippen molar-refractivity contribution in [2.75, 3.05) is 6.54 Å². The average molecular weight is 226 g/mol. The van der Waals surface area contributed by atoms with Gasteiger partial charge in [0.2, 0.25) is 5.91 Å². The maximum Gasteiger partial charge on any atom is 0.240 e. The maximum atomic E-state index is 11.8. The second kappa shape index (κ2) is 4.34. The van der Waals surface area contributed by atoms with Crippen LogP contribution in [0.2, 0.25) is 0 Å². The van der Waals surface area contributed by atoms with Crippen LogP contribution in [-0.4, -0.2) is 28.7 Å². The molecule has 2 aliphatic carbocycles. The number of carbonyl (C=O) groups excluding carboxylic acids is 1. The van der Waals surface area contributed by atoms with Crippen LogP contribution in [0.4, 0.5) is 0 Å². The third-order valence-corrected chi connectivity index (χ3v) is 4.06. The highest BCUT2D eigenvalue weighted by Gasteiger charge is 2.41. The molecule has 0 aromatic rings. The lowest BCUT2D eigenvalue weighted by atomic mass is 9.76. The first-order valence-corrected chi connectivity index (χ1v) is 6.34. The Morgan fingerprint density at radius 2 is 1.75 bits per heavy atom. The number of amides is 1. The quantitative estimate of drug-likeness (QED) is 0.662. The van der Waals surface area contributed by atoms with Gasteiger partial charge in [-0.2, -0.15) is 0 Å². The first-order chi connectivity index (χ1) is 7.54. The maximum absolute atomic E-state index is 11.8.